The molecule has 146 valence electrons. The predicted octanol–water partition coefficient (Wildman–Crippen LogP) is 5.10. The van der Waals surface area contributed by atoms with Gasteiger partial charge in [0.15, 0.2) is 0 Å². The molecular weight excluding hydrogens is 379 g/mol. The van der Waals surface area contributed by atoms with E-state index in [0.29, 0.717) is 11.1 Å². The Hall–Kier alpha value is -3.61. The topological polar surface area (TPSA) is 57.8 Å². The molecule has 0 radical (unpaired) electrons. The quantitative estimate of drug-likeness (QED) is 0.505. The van der Waals surface area contributed by atoms with Gasteiger partial charge in [-0.1, -0.05) is 54.6 Å². The molecule has 0 aliphatic carbocycles. The summed E-state index contributed by atoms with van der Waals surface area (Å²) < 4.78 is 38.9. The number of nitrogens with one attached hydrogen (secondary N) is 2. The van der Waals surface area contributed by atoms with Gasteiger partial charge in [0, 0.05) is 5.56 Å². The average molecular weight is 395 g/mol. The number of halogens is 3. The van der Waals surface area contributed by atoms with E-state index >= 15 is 0 Å². The molecular formula is C22H16F3N3O. The number of aromatic nitrogens is 2. The molecule has 4 nitrogen and oxygen atoms in total. The van der Waals surface area contributed by atoms with Gasteiger partial charge in [-0.2, -0.15) is 13.2 Å². The Balaban J connectivity index is 1.74. The van der Waals surface area contributed by atoms with E-state index in [2.05, 4.69) is 15.3 Å². The highest BCUT2D eigenvalue weighted by atomic mass is 19.4. The van der Waals surface area contributed by atoms with Crippen LogP contribution in [0.15, 0.2) is 78.9 Å². The largest absolute Gasteiger partial charge is 0.449 e. The van der Waals surface area contributed by atoms with Crippen molar-refractivity contribution >= 4 is 16.9 Å². The van der Waals surface area contributed by atoms with Gasteiger partial charge in [0.2, 0.25) is 5.82 Å². The molecule has 3 aromatic carbocycles. The second-order valence-electron chi connectivity index (χ2n) is 6.54. The van der Waals surface area contributed by atoms with Crippen molar-refractivity contribution in [1.29, 1.82) is 0 Å². The van der Waals surface area contributed by atoms with Gasteiger partial charge in [-0.15, -0.1) is 0 Å². The monoisotopic (exact) mass is 395 g/mol. The van der Waals surface area contributed by atoms with E-state index < -0.39 is 18.0 Å². The first-order valence-electron chi connectivity index (χ1n) is 8.89. The summed E-state index contributed by atoms with van der Waals surface area (Å²) >= 11 is 0. The summed E-state index contributed by atoms with van der Waals surface area (Å²) in [5.74, 6) is -1.32. The van der Waals surface area contributed by atoms with Crippen LogP contribution < -0.4 is 5.32 Å². The predicted molar refractivity (Wildman–Crippen MR) is 103 cm³/mol. The maximum atomic E-state index is 13.0. The number of nitrogens with zero attached hydrogens (tertiary/aromatic N) is 1. The molecule has 1 unspecified atom stereocenters. The second-order valence-corrected chi connectivity index (χ2v) is 6.54. The molecule has 0 bridgehead atoms. The Bertz CT molecular complexity index is 1140. The van der Waals surface area contributed by atoms with Gasteiger partial charge in [0.25, 0.3) is 5.91 Å². The first-order valence-corrected chi connectivity index (χ1v) is 8.89. The second kappa shape index (κ2) is 7.43. The highest BCUT2D eigenvalue weighted by molar-refractivity contribution is 5.94. The zero-order chi connectivity index (χ0) is 20.4. The number of carbonyl (C=O) groups is 1. The highest BCUT2D eigenvalue weighted by Gasteiger charge is 2.34. The molecule has 1 amide bonds. The first-order chi connectivity index (χ1) is 13.9. The molecule has 29 heavy (non-hydrogen) atoms. The van der Waals surface area contributed by atoms with Crippen LogP contribution in [0.3, 0.4) is 0 Å². The maximum absolute atomic E-state index is 13.0. The van der Waals surface area contributed by atoms with Crippen LogP contribution in [-0.4, -0.2) is 15.9 Å². The van der Waals surface area contributed by atoms with E-state index in [4.69, 9.17) is 0 Å². The molecule has 1 heterocycles. The number of benzene rings is 3. The number of alkyl halides is 3. The van der Waals surface area contributed by atoms with E-state index in [1.807, 2.05) is 36.4 Å². The molecule has 0 saturated carbocycles. The lowest BCUT2D eigenvalue weighted by Crippen LogP contribution is -2.29. The molecule has 0 aliphatic heterocycles. The number of hydrogen-bond acceptors (Lipinski definition) is 2. The van der Waals surface area contributed by atoms with Crippen molar-refractivity contribution in [3.05, 3.63) is 101 Å². The van der Waals surface area contributed by atoms with Crippen molar-refractivity contribution in [3.63, 3.8) is 0 Å². The van der Waals surface area contributed by atoms with E-state index in [-0.39, 0.29) is 16.9 Å². The molecule has 0 saturated heterocycles. The maximum Gasteiger partial charge on any atom is 0.449 e. The van der Waals surface area contributed by atoms with E-state index in [0.717, 1.165) is 5.56 Å². The lowest BCUT2D eigenvalue weighted by atomic mass is 9.97. The van der Waals surface area contributed by atoms with Crippen molar-refractivity contribution < 1.29 is 18.0 Å². The third-order valence-corrected chi connectivity index (χ3v) is 4.55. The number of rotatable bonds is 4. The summed E-state index contributed by atoms with van der Waals surface area (Å²) in [7, 11) is 0. The highest BCUT2D eigenvalue weighted by Crippen LogP contribution is 2.30. The van der Waals surface area contributed by atoms with Crippen molar-refractivity contribution in [3.8, 4) is 0 Å². The molecule has 0 aliphatic rings. The molecule has 4 rings (SSSR count). The Labute approximate surface area is 164 Å². The van der Waals surface area contributed by atoms with Crippen molar-refractivity contribution in [2.75, 3.05) is 0 Å². The Morgan fingerprint density at radius 3 is 2.21 bits per heavy atom. The van der Waals surface area contributed by atoms with Crippen LogP contribution in [0.25, 0.3) is 11.0 Å². The van der Waals surface area contributed by atoms with E-state index in [9.17, 15) is 18.0 Å². The number of hydrogen-bond donors (Lipinski definition) is 2. The first kappa shape index (κ1) is 18.7. The number of H-pyrrole nitrogens is 1. The zero-order valence-electron chi connectivity index (χ0n) is 15.1. The summed E-state index contributed by atoms with van der Waals surface area (Å²) in [5.41, 5.74) is 2.42. The number of amides is 1. The molecule has 0 spiro atoms. The summed E-state index contributed by atoms with van der Waals surface area (Å²) in [6.45, 7) is 0. The minimum absolute atomic E-state index is 0.210. The van der Waals surface area contributed by atoms with Crippen LogP contribution in [0.5, 0.6) is 0 Å². The van der Waals surface area contributed by atoms with Crippen molar-refractivity contribution in [2.24, 2.45) is 0 Å². The Morgan fingerprint density at radius 2 is 1.55 bits per heavy atom. The van der Waals surface area contributed by atoms with Gasteiger partial charge >= 0.3 is 6.18 Å². The number of fused-ring (bicyclic) bond motifs is 1. The molecule has 1 aromatic heterocycles. The van der Waals surface area contributed by atoms with Crippen LogP contribution >= 0.6 is 0 Å². The van der Waals surface area contributed by atoms with E-state index in [1.54, 1.807) is 36.4 Å². The SMILES string of the molecule is O=C(NC(c1ccccc1)c1ccc2nc(C(F)(F)F)[nH]c2c1)c1ccccc1. The minimum Gasteiger partial charge on any atom is -0.341 e. The van der Waals surface area contributed by atoms with Crippen LogP contribution in [0.4, 0.5) is 13.2 Å². The Kier molecular flexibility index (Phi) is 4.80. The van der Waals surface area contributed by atoms with Crippen LogP contribution in [0, 0.1) is 0 Å². The molecule has 0 fully saturated rings. The molecule has 1 atom stereocenters. The summed E-state index contributed by atoms with van der Waals surface area (Å²) in [4.78, 5) is 18.6. The average Bonchev–Trinajstić information content (AvgIpc) is 3.17. The molecule has 2 N–H and O–H groups in total. The third-order valence-electron chi connectivity index (χ3n) is 4.55. The van der Waals surface area contributed by atoms with Gasteiger partial charge in [-0.3, -0.25) is 4.79 Å². The normalized spacial score (nSPS) is 12.7. The Morgan fingerprint density at radius 1 is 0.897 bits per heavy atom. The number of imidazole rings is 1. The smallest absolute Gasteiger partial charge is 0.341 e. The van der Waals surface area contributed by atoms with Gasteiger partial charge in [-0.25, -0.2) is 4.98 Å². The van der Waals surface area contributed by atoms with Gasteiger partial charge < -0.3 is 10.3 Å². The lowest BCUT2D eigenvalue weighted by Gasteiger charge is -2.20. The summed E-state index contributed by atoms with van der Waals surface area (Å²) in [6, 6.07) is 22.2. The van der Waals surface area contributed by atoms with Crippen LogP contribution in [0.2, 0.25) is 0 Å². The fraction of sp³-hybridized carbons (Fsp3) is 0.0909. The number of aromatic amines is 1. The zero-order valence-corrected chi connectivity index (χ0v) is 15.1. The van der Waals surface area contributed by atoms with Crippen LogP contribution in [0.1, 0.15) is 33.4 Å². The van der Waals surface area contributed by atoms with Crippen LogP contribution in [-0.2, 0) is 6.18 Å². The van der Waals surface area contributed by atoms with Gasteiger partial charge in [0.1, 0.15) is 0 Å². The lowest BCUT2D eigenvalue weighted by molar-refractivity contribution is -0.144. The fourth-order valence-corrected chi connectivity index (χ4v) is 3.15. The third kappa shape index (κ3) is 3.99. The van der Waals surface area contributed by atoms with E-state index in [1.165, 1.54) is 6.07 Å². The summed E-state index contributed by atoms with van der Waals surface area (Å²) in [6.07, 6.45) is -4.56. The summed E-state index contributed by atoms with van der Waals surface area (Å²) in [5, 5.41) is 2.97. The molecule has 4 aromatic rings. The minimum atomic E-state index is -4.56. The van der Waals surface area contributed by atoms with Crippen molar-refractivity contribution in [1.82, 2.24) is 15.3 Å². The fourth-order valence-electron chi connectivity index (χ4n) is 3.15. The van der Waals surface area contributed by atoms with Gasteiger partial charge in [0.05, 0.1) is 17.1 Å². The molecule has 7 heteroatoms. The van der Waals surface area contributed by atoms with Crippen molar-refractivity contribution in [2.45, 2.75) is 12.2 Å². The van der Waals surface area contributed by atoms with Gasteiger partial charge in [-0.05, 0) is 35.4 Å². The number of carbonyl (C=O) groups excluding carboxylic acids is 1. The standard InChI is InChI=1S/C22H16F3N3O/c23-22(24,25)21-26-17-12-11-16(13-18(17)27-21)19(14-7-3-1-4-8-14)28-20(29)15-9-5-2-6-10-15/h1-13,19H,(H,26,27)(H,28,29).